The van der Waals surface area contributed by atoms with E-state index in [9.17, 15) is 9.18 Å². The van der Waals surface area contributed by atoms with Gasteiger partial charge in [0.05, 0.1) is 5.69 Å². The van der Waals surface area contributed by atoms with Gasteiger partial charge in [-0.3, -0.25) is 14.4 Å². The van der Waals surface area contributed by atoms with Crippen LogP contribution in [0.5, 0.6) is 0 Å². The van der Waals surface area contributed by atoms with Crippen LogP contribution in [-0.2, 0) is 7.05 Å². The lowest BCUT2D eigenvalue weighted by Crippen LogP contribution is -2.59. The van der Waals surface area contributed by atoms with E-state index in [2.05, 4.69) is 42.8 Å². The highest BCUT2D eigenvalue weighted by Crippen LogP contribution is 2.22. The first-order valence-corrected chi connectivity index (χ1v) is 9.76. The molecule has 2 heterocycles. The summed E-state index contributed by atoms with van der Waals surface area (Å²) in [7, 11) is 5.96. The fourth-order valence-corrected chi connectivity index (χ4v) is 3.90. The second-order valence-corrected chi connectivity index (χ2v) is 7.99. The largest absolute Gasteiger partial charge is 0.334 e. The predicted octanol–water partition coefficient (Wildman–Crippen LogP) is 2.32. The molecule has 7 heteroatoms. The lowest BCUT2D eigenvalue weighted by Gasteiger charge is -2.44. The molecule has 2 atom stereocenters. The fourth-order valence-electron chi connectivity index (χ4n) is 3.90. The number of hydrogen-bond donors (Lipinski definition) is 0. The Kier molecular flexibility index (Phi) is 6.15. The van der Waals surface area contributed by atoms with Crippen molar-refractivity contribution in [1.29, 1.82) is 0 Å². The standard InChI is InChI=1S/C21H30FN5O/c1-15-13-26(14-16(2)27(15)11-10-24(3)4)21(28)19-12-20(25(5)23-19)17-6-8-18(22)9-7-17/h6-9,12,15-16H,10-11,13-14H2,1-5H3. The Morgan fingerprint density at radius 2 is 1.79 bits per heavy atom. The van der Waals surface area contributed by atoms with Gasteiger partial charge in [0.25, 0.3) is 5.91 Å². The average Bonchev–Trinajstić information content (AvgIpc) is 3.02. The number of benzene rings is 1. The predicted molar refractivity (Wildman–Crippen MR) is 109 cm³/mol. The van der Waals surface area contributed by atoms with Crippen molar-refractivity contribution in [3.63, 3.8) is 0 Å². The van der Waals surface area contributed by atoms with Gasteiger partial charge in [0, 0.05) is 45.3 Å². The van der Waals surface area contributed by atoms with Crippen molar-refractivity contribution < 1.29 is 9.18 Å². The van der Waals surface area contributed by atoms with E-state index in [1.165, 1.54) is 12.1 Å². The number of carbonyl (C=O) groups excluding carboxylic acids is 1. The monoisotopic (exact) mass is 387 g/mol. The van der Waals surface area contributed by atoms with Gasteiger partial charge < -0.3 is 9.80 Å². The van der Waals surface area contributed by atoms with E-state index in [1.807, 2.05) is 4.90 Å². The normalized spacial score (nSPS) is 20.8. The lowest BCUT2D eigenvalue weighted by molar-refractivity contribution is 0.0278. The van der Waals surface area contributed by atoms with Gasteiger partial charge in [-0.25, -0.2) is 4.39 Å². The first-order valence-electron chi connectivity index (χ1n) is 9.76. The van der Waals surface area contributed by atoms with Gasteiger partial charge in [-0.15, -0.1) is 0 Å². The first-order chi connectivity index (χ1) is 13.3. The molecule has 0 radical (unpaired) electrons. The van der Waals surface area contributed by atoms with Crippen LogP contribution in [0.3, 0.4) is 0 Å². The van der Waals surface area contributed by atoms with E-state index in [1.54, 1.807) is 29.9 Å². The molecule has 2 unspecified atom stereocenters. The van der Waals surface area contributed by atoms with Crippen LogP contribution in [0.4, 0.5) is 4.39 Å². The molecule has 1 amide bonds. The average molecular weight is 388 g/mol. The van der Waals surface area contributed by atoms with Gasteiger partial charge >= 0.3 is 0 Å². The third-order valence-corrected chi connectivity index (χ3v) is 5.43. The van der Waals surface area contributed by atoms with Crippen molar-refractivity contribution in [2.45, 2.75) is 25.9 Å². The molecule has 1 fully saturated rings. The van der Waals surface area contributed by atoms with Gasteiger partial charge in [0.1, 0.15) is 5.82 Å². The Morgan fingerprint density at radius 1 is 1.18 bits per heavy atom. The fraction of sp³-hybridized carbons (Fsp3) is 0.524. The molecule has 152 valence electrons. The Morgan fingerprint density at radius 3 is 2.36 bits per heavy atom. The number of rotatable bonds is 5. The van der Waals surface area contributed by atoms with Crippen molar-refractivity contribution in [1.82, 2.24) is 24.5 Å². The summed E-state index contributed by atoms with van der Waals surface area (Å²) in [6.07, 6.45) is 0. The van der Waals surface area contributed by atoms with E-state index >= 15 is 0 Å². The van der Waals surface area contributed by atoms with Gasteiger partial charge in [-0.05, 0) is 63.8 Å². The van der Waals surface area contributed by atoms with Crippen LogP contribution in [0.1, 0.15) is 24.3 Å². The molecule has 0 saturated carbocycles. The third-order valence-electron chi connectivity index (χ3n) is 5.43. The number of aromatic nitrogens is 2. The summed E-state index contributed by atoms with van der Waals surface area (Å²) in [5.74, 6) is -0.327. The van der Waals surface area contributed by atoms with E-state index in [-0.39, 0.29) is 11.7 Å². The van der Waals surface area contributed by atoms with Crippen LogP contribution in [0.15, 0.2) is 30.3 Å². The summed E-state index contributed by atoms with van der Waals surface area (Å²) >= 11 is 0. The van der Waals surface area contributed by atoms with Crippen molar-refractivity contribution in [3.8, 4) is 11.3 Å². The summed E-state index contributed by atoms with van der Waals surface area (Å²) in [6.45, 7) is 7.74. The third kappa shape index (κ3) is 4.42. The number of amides is 1. The Hall–Kier alpha value is -2.25. The minimum absolute atomic E-state index is 0.0464. The van der Waals surface area contributed by atoms with Crippen molar-refractivity contribution >= 4 is 5.91 Å². The van der Waals surface area contributed by atoms with Crippen LogP contribution in [0.25, 0.3) is 11.3 Å². The lowest BCUT2D eigenvalue weighted by atomic mass is 10.1. The van der Waals surface area contributed by atoms with E-state index in [0.717, 1.165) is 24.3 Å². The number of hydrogen-bond acceptors (Lipinski definition) is 4. The molecule has 0 spiro atoms. The van der Waals surface area contributed by atoms with Crippen LogP contribution >= 0.6 is 0 Å². The molecule has 3 rings (SSSR count). The van der Waals surface area contributed by atoms with E-state index in [4.69, 9.17) is 0 Å². The SMILES string of the molecule is CC1CN(C(=O)c2cc(-c3ccc(F)cc3)n(C)n2)CC(C)N1CCN(C)C. The maximum absolute atomic E-state index is 13.2. The number of likely N-dealkylation sites (N-methyl/N-ethyl adjacent to an activating group) is 1. The summed E-state index contributed by atoms with van der Waals surface area (Å²) in [5.41, 5.74) is 2.07. The molecule has 1 aromatic heterocycles. The molecule has 6 nitrogen and oxygen atoms in total. The molecule has 0 bridgehead atoms. The van der Waals surface area contributed by atoms with Crippen LogP contribution < -0.4 is 0 Å². The zero-order chi connectivity index (χ0) is 20.4. The number of halogens is 1. The topological polar surface area (TPSA) is 44.6 Å². The molecule has 0 N–H and O–H groups in total. The van der Waals surface area contributed by atoms with E-state index < -0.39 is 0 Å². The summed E-state index contributed by atoms with van der Waals surface area (Å²) < 4.78 is 14.9. The summed E-state index contributed by atoms with van der Waals surface area (Å²) in [4.78, 5) is 19.6. The molecule has 1 aliphatic rings. The molecular formula is C21H30FN5O. The van der Waals surface area contributed by atoms with Crippen molar-refractivity contribution in [3.05, 3.63) is 41.8 Å². The van der Waals surface area contributed by atoms with Crippen LogP contribution in [0, 0.1) is 5.82 Å². The quantitative estimate of drug-likeness (QED) is 0.790. The highest BCUT2D eigenvalue weighted by Gasteiger charge is 2.33. The number of piperazine rings is 1. The molecule has 1 saturated heterocycles. The first kappa shape index (κ1) is 20.5. The Labute approximate surface area is 166 Å². The maximum atomic E-state index is 13.2. The summed E-state index contributed by atoms with van der Waals surface area (Å²) in [5, 5.41) is 4.42. The Bertz CT molecular complexity index is 805. The maximum Gasteiger partial charge on any atom is 0.274 e. The second-order valence-electron chi connectivity index (χ2n) is 7.99. The van der Waals surface area contributed by atoms with Gasteiger partial charge in [-0.1, -0.05) is 0 Å². The van der Waals surface area contributed by atoms with Gasteiger partial charge in [0.2, 0.25) is 0 Å². The molecular weight excluding hydrogens is 357 g/mol. The zero-order valence-corrected chi connectivity index (χ0v) is 17.4. The smallest absolute Gasteiger partial charge is 0.274 e. The van der Waals surface area contributed by atoms with E-state index in [0.29, 0.717) is 30.9 Å². The molecule has 28 heavy (non-hydrogen) atoms. The highest BCUT2D eigenvalue weighted by atomic mass is 19.1. The minimum Gasteiger partial charge on any atom is -0.334 e. The molecule has 2 aromatic rings. The second kappa shape index (κ2) is 8.41. The number of aryl methyl sites for hydroxylation is 1. The molecule has 1 aromatic carbocycles. The Balaban J connectivity index is 1.73. The molecule has 1 aliphatic heterocycles. The number of nitrogens with zero attached hydrogens (tertiary/aromatic N) is 5. The number of carbonyl (C=O) groups is 1. The van der Waals surface area contributed by atoms with Gasteiger partial charge in [-0.2, -0.15) is 5.10 Å². The zero-order valence-electron chi connectivity index (χ0n) is 17.4. The van der Waals surface area contributed by atoms with Crippen LogP contribution in [-0.4, -0.2) is 82.7 Å². The van der Waals surface area contributed by atoms with Crippen molar-refractivity contribution in [2.75, 3.05) is 40.3 Å². The van der Waals surface area contributed by atoms with Crippen molar-refractivity contribution in [2.24, 2.45) is 7.05 Å². The van der Waals surface area contributed by atoms with Crippen LogP contribution in [0.2, 0.25) is 0 Å². The minimum atomic E-state index is -0.280. The van der Waals surface area contributed by atoms with Gasteiger partial charge in [0.15, 0.2) is 5.69 Å². The summed E-state index contributed by atoms with van der Waals surface area (Å²) in [6, 6.07) is 8.63. The highest BCUT2D eigenvalue weighted by molar-refractivity contribution is 5.93. The molecule has 0 aliphatic carbocycles.